The van der Waals surface area contributed by atoms with E-state index in [2.05, 4.69) is 25.9 Å². The molecule has 1 N–H and O–H groups in total. The standard InChI is InChI=1S/C14H8F3N3O3/c1-2-7-18-12(22)10(21)8-3-5-9(6-4-8)11-19-13(23-20-11)14(15,16)17/h1,3-6H,7H2,(H,18,22). The van der Waals surface area contributed by atoms with Crippen molar-refractivity contribution in [3.05, 3.63) is 35.7 Å². The van der Waals surface area contributed by atoms with Gasteiger partial charge in [0.2, 0.25) is 11.6 Å². The predicted octanol–water partition coefficient (Wildman–Crippen LogP) is 1.69. The molecule has 23 heavy (non-hydrogen) atoms. The Balaban J connectivity index is 2.17. The highest BCUT2D eigenvalue weighted by Crippen LogP contribution is 2.29. The summed E-state index contributed by atoms with van der Waals surface area (Å²) in [7, 11) is 0. The number of hydrogen-bond acceptors (Lipinski definition) is 5. The zero-order valence-electron chi connectivity index (χ0n) is 11.3. The molecule has 0 spiro atoms. The molecule has 2 rings (SSSR count). The molecule has 2 aromatic rings. The third-order valence-corrected chi connectivity index (χ3v) is 2.63. The molecular formula is C14H8F3N3O3. The second-order valence-electron chi connectivity index (χ2n) is 4.21. The molecule has 0 fully saturated rings. The number of halogens is 3. The number of carbonyl (C=O) groups excluding carboxylic acids is 2. The number of amides is 1. The maximum absolute atomic E-state index is 12.4. The Labute approximate surface area is 127 Å². The van der Waals surface area contributed by atoms with Crippen molar-refractivity contribution >= 4 is 11.7 Å². The lowest BCUT2D eigenvalue weighted by Gasteiger charge is -2.01. The molecule has 0 bridgehead atoms. The lowest BCUT2D eigenvalue weighted by Crippen LogP contribution is -2.31. The van der Waals surface area contributed by atoms with E-state index in [1.807, 2.05) is 0 Å². The van der Waals surface area contributed by atoms with Gasteiger partial charge in [0.05, 0.1) is 6.54 Å². The van der Waals surface area contributed by atoms with Crippen LogP contribution < -0.4 is 5.32 Å². The second-order valence-corrected chi connectivity index (χ2v) is 4.21. The maximum atomic E-state index is 12.4. The number of aromatic nitrogens is 2. The minimum Gasteiger partial charge on any atom is -0.338 e. The molecule has 0 unspecified atom stereocenters. The van der Waals surface area contributed by atoms with Crippen LogP contribution in [0.5, 0.6) is 0 Å². The first kappa shape index (κ1) is 16.2. The molecule has 6 nitrogen and oxygen atoms in total. The first-order valence-electron chi connectivity index (χ1n) is 6.10. The topological polar surface area (TPSA) is 85.1 Å². The van der Waals surface area contributed by atoms with Crippen LogP contribution in [0.4, 0.5) is 13.2 Å². The van der Waals surface area contributed by atoms with Gasteiger partial charge in [-0.2, -0.15) is 18.2 Å². The Morgan fingerprint density at radius 2 is 1.91 bits per heavy atom. The van der Waals surface area contributed by atoms with Gasteiger partial charge in [-0.15, -0.1) is 6.42 Å². The fourth-order valence-electron chi connectivity index (χ4n) is 1.57. The summed E-state index contributed by atoms with van der Waals surface area (Å²) < 4.78 is 41.2. The van der Waals surface area contributed by atoms with E-state index in [1.54, 1.807) is 0 Å². The van der Waals surface area contributed by atoms with Crippen LogP contribution in [-0.4, -0.2) is 28.4 Å². The van der Waals surface area contributed by atoms with Crippen LogP contribution in [-0.2, 0) is 11.0 Å². The van der Waals surface area contributed by atoms with E-state index in [0.717, 1.165) is 0 Å². The number of carbonyl (C=O) groups is 2. The molecular weight excluding hydrogens is 315 g/mol. The van der Waals surface area contributed by atoms with E-state index in [1.165, 1.54) is 24.3 Å². The normalized spacial score (nSPS) is 10.9. The summed E-state index contributed by atoms with van der Waals surface area (Å²) in [6.07, 6.45) is 0.214. The van der Waals surface area contributed by atoms with Crippen molar-refractivity contribution in [2.75, 3.05) is 6.54 Å². The Morgan fingerprint density at radius 1 is 1.26 bits per heavy atom. The Hall–Kier alpha value is -3.15. The summed E-state index contributed by atoms with van der Waals surface area (Å²) in [6, 6.07) is 5.12. The zero-order valence-corrected chi connectivity index (χ0v) is 11.3. The molecule has 0 radical (unpaired) electrons. The van der Waals surface area contributed by atoms with Gasteiger partial charge in [0.15, 0.2) is 0 Å². The number of hydrogen-bond donors (Lipinski definition) is 1. The van der Waals surface area contributed by atoms with E-state index in [4.69, 9.17) is 6.42 Å². The average Bonchev–Trinajstić information content (AvgIpc) is 3.02. The number of nitrogens with zero attached hydrogens (tertiary/aromatic N) is 2. The average molecular weight is 323 g/mol. The number of rotatable bonds is 4. The highest BCUT2D eigenvalue weighted by Gasteiger charge is 2.38. The van der Waals surface area contributed by atoms with Crippen molar-refractivity contribution in [2.45, 2.75) is 6.18 Å². The summed E-state index contributed by atoms with van der Waals surface area (Å²) in [5, 5.41) is 5.42. The Morgan fingerprint density at radius 3 is 2.43 bits per heavy atom. The molecule has 9 heteroatoms. The molecule has 0 atom stereocenters. The van der Waals surface area contributed by atoms with Crippen LogP contribution in [0.2, 0.25) is 0 Å². The number of terminal acetylenes is 1. The third kappa shape index (κ3) is 3.74. The van der Waals surface area contributed by atoms with E-state index in [-0.39, 0.29) is 23.5 Å². The van der Waals surface area contributed by atoms with Gasteiger partial charge in [0.1, 0.15) is 0 Å². The lowest BCUT2D eigenvalue weighted by atomic mass is 10.1. The van der Waals surface area contributed by atoms with Crippen LogP contribution in [0.3, 0.4) is 0 Å². The monoisotopic (exact) mass is 323 g/mol. The molecule has 1 aromatic carbocycles. The smallest absolute Gasteiger partial charge is 0.338 e. The van der Waals surface area contributed by atoms with Crippen LogP contribution in [0.15, 0.2) is 28.8 Å². The van der Waals surface area contributed by atoms with Crippen molar-refractivity contribution in [3.8, 4) is 23.7 Å². The van der Waals surface area contributed by atoms with Crippen LogP contribution in [0, 0.1) is 12.3 Å². The lowest BCUT2D eigenvalue weighted by molar-refractivity contribution is -0.159. The maximum Gasteiger partial charge on any atom is 0.471 e. The Kier molecular flexibility index (Phi) is 4.45. The summed E-state index contributed by atoms with van der Waals surface area (Å²) in [4.78, 5) is 26.4. The van der Waals surface area contributed by atoms with Gasteiger partial charge in [0, 0.05) is 11.1 Å². The number of nitrogens with one attached hydrogen (secondary N) is 1. The number of alkyl halides is 3. The molecule has 0 aliphatic carbocycles. The minimum atomic E-state index is -4.74. The highest BCUT2D eigenvalue weighted by atomic mass is 19.4. The number of ketones is 1. The fourth-order valence-corrected chi connectivity index (χ4v) is 1.57. The summed E-state index contributed by atoms with van der Waals surface area (Å²) in [5.41, 5.74) is 0.243. The van der Waals surface area contributed by atoms with Gasteiger partial charge in [-0.05, 0) is 0 Å². The Bertz CT molecular complexity index is 773. The van der Waals surface area contributed by atoms with Crippen molar-refractivity contribution in [1.82, 2.24) is 15.5 Å². The van der Waals surface area contributed by atoms with Gasteiger partial charge < -0.3 is 9.84 Å². The van der Waals surface area contributed by atoms with Crippen LogP contribution in [0.25, 0.3) is 11.4 Å². The molecule has 0 aliphatic heterocycles. The molecule has 0 saturated heterocycles. The van der Waals surface area contributed by atoms with Gasteiger partial charge in [-0.1, -0.05) is 35.3 Å². The van der Waals surface area contributed by atoms with Crippen LogP contribution in [0.1, 0.15) is 16.2 Å². The van der Waals surface area contributed by atoms with Gasteiger partial charge in [-0.3, -0.25) is 9.59 Å². The molecule has 1 amide bonds. The molecule has 118 valence electrons. The van der Waals surface area contributed by atoms with Crippen molar-refractivity contribution in [3.63, 3.8) is 0 Å². The SMILES string of the molecule is C#CCNC(=O)C(=O)c1ccc(-c2noc(C(F)(F)F)n2)cc1. The number of benzene rings is 1. The zero-order chi connectivity index (χ0) is 17.0. The largest absolute Gasteiger partial charge is 0.471 e. The number of Topliss-reactive ketones (excluding diaryl/α,β-unsaturated/α-hetero) is 1. The molecule has 1 aromatic heterocycles. The third-order valence-electron chi connectivity index (χ3n) is 2.63. The van der Waals surface area contributed by atoms with Crippen molar-refractivity contribution in [2.24, 2.45) is 0 Å². The predicted molar refractivity (Wildman–Crippen MR) is 70.9 cm³/mol. The second kappa shape index (κ2) is 6.31. The van der Waals surface area contributed by atoms with Gasteiger partial charge >= 0.3 is 12.1 Å². The highest BCUT2D eigenvalue weighted by molar-refractivity contribution is 6.42. The fraction of sp³-hybridized carbons (Fsp3) is 0.143. The molecule has 1 heterocycles. The minimum absolute atomic E-state index is 0.0443. The van der Waals surface area contributed by atoms with E-state index in [0.29, 0.717) is 0 Å². The van der Waals surface area contributed by atoms with E-state index < -0.39 is 23.8 Å². The first-order valence-corrected chi connectivity index (χ1v) is 6.10. The molecule has 0 saturated carbocycles. The first-order chi connectivity index (χ1) is 10.8. The van der Waals surface area contributed by atoms with Crippen molar-refractivity contribution < 1.29 is 27.3 Å². The summed E-state index contributed by atoms with van der Waals surface area (Å²) in [5.74, 6) is -1.31. The van der Waals surface area contributed by atoms with E-state index >= 15 is 0 Å². The van der Waals surface area contributed by atoms with Crippen molar-refractivity contribution in [1.29, 1.82) is 0 Å². The van der Waals surface area contributed by atoms with Gasteiger partial charge in [-0.25, -0.2) is 0 Å². The van der Waals surface area contributed by atoms with Crippen LogP contribution >= 0.6 is 0 Å². The molecule has 0 aliphatic rings. The van der Waals surface area contributed by atoms with Gasteiger partial charge in [0.25, 0.3) is 5.91 Å². The quantitative estimate of drug-likeness (QED) is 0.526. The summed E-state index contributed by atoms with van der Waals surface area (Å²) in [6.45, 7) is -0.0915. The summed E-state index contributed by atoms with van der Waals surface area (Å²) >= 11 is 0. The van der Waals surface area contributed by atoms with E-state index in [9.17, 15) is 22.8 Å².